The molecule has 3 nitrogen and oxygen atoms in total. The van der Waals surface area contributed by atoms with Crippen molar-refractivity contribution in [3.63, 3.8) is 0 Å². The molecule has 0 atom stereocenters. The molecule has 0 bridgehead atoms. The van der Waals surface area contributed by atoms with Gasteiger partial charge in [-0.1, -0.05) is 6.07 Å². The molecule has 0 spiro atoms. The Morgan fingerprint density at radius 2 is 1.71 bits per heavy atom. The molecule has 0 saturated carbocycles. The predicted octanol–water partition coefficient (Wildman–Crippen LogP) is 3.38. The summed E-state index contributed by atoms with van der Waals surface area (Å²) in [4.78, 5) is 3.75. The Labute approximate surface area is 116 Å². The molecule has 2 aromatic rings. The highest BCUT2D eigenvalue weighted by Gasteiger charge is 2.32. The van der Waals surface area contributed by atoms with Gasteiger partial charge in [-0.2, -0.15) is 0 Å². The average Bonchev–Trinajstić information content (AvgIpc) is 2.39. The molecule has 0 aliphatic rings. The van der Waals surface area contributed by atoms with Crippen LogP contribution in [0, 0.1) is 11.6 Å². The molecule has 0 saturated heterocycles. The van der Waals surface area contributed by atoms with Crippen molar-refractivity contribution in [2.75, 3.05) is 0 Å². The third kappa shape index (κ3) is 3.66. The Hall–Kier alpha value is -2.22. The first-order valence-electron chi connectivity index (χ1n) is 5.70. The summed E-state index contributed by atoms with van der Waals surface area (Å²) in [5.74, 6) is -2.85. The van der Waals surface area contributed by atoms with Crippen LogP contribution in [-0.4, -0.2) is 11.3 Å². The summed E-state index contributed by atoms with van der Waals surface area (Å²) in [6.07, 6.45) is -3.73. The lowest BCUT2D eigenvalue weighted by atomic mass is 10.1. The lowest BCUT2D eigenvalue weighted by Crippen LogP contribution is -2.17. The second-order valence-electron chi connectivity index (χ2n) is 4.05. The number of nitrogens with zero attached hydrogens (tertiary/aromatic N) is 1. The van der Waals surface area contributed by atoms with E-state index in [-0.39, 0.29) is 23.4 Å². The molecule has 1 aromatic heterocycles. The largest absolute Gasteiger partial charge is 0.573 e. The van der Waals surface area contributed by atoms with E-state index < -0.39 is 23.7 Å². The van der Waals surface area contributed by atoms with E-state index in [0.717, 1.165) is 18.2 Å². The van der Waals surface area contributed by atoms with Crippen LogP contribution in [0.25, 0.3) is 11.1 Å². The van der Waals surface area contributed by atoms with Gasteiger partial charge in [-0.3, -0.25) is 4.98 Å². The van der Waals surface area contributed by atoms with Crippen molar-refractivity contribution in [2.45, 2.75) is 12.9 Å². The summed E-state index contributed by atoms with van der Waals surface area (Å²) in [7, 11) is 0. The Morgan fingerprint density at radius 1 is 1.05 bits per heavy atom. The number of aromatic nitrogens is 1. The zero-order valence-corrected chi connectivity index (χ0v) is 10.4. The van der Waals surface area contributed by atoms with Crippen LogP contribution in [0.15, 0.2) is 30.5 Å². The van der Waals surface area contributed by atoms with Crippen LogP contribution < -0.4 is 10.5 Å². The van der Waals surface area contributed by atoms with Crippen molar-refractivity contribution < 1.29 is 26.7 Å². The van der Waals surface area contributed by atoms with Gasteiger partial charge in [-0.25, -0.2) is 8.78 Å². The molecular formula is C13H9F5N2O. The van der Waals surface area contributed by atoms with E-state index in [9.17, 15) is 22.0 Å². The summed E-state index contributed by atoms with van der Waals surface area (Å²) >= 11 is 0. The van der Waals surface area contributed by atoms with Gasteiger partial charge in [0.1, 0.15) is 5.82 Å². The van der Waals surface area contributed by atoms with Crippen LogP contribution in [0.5, 0.6) is 5.75 Å². The number of benzene rings is 1. The number of hydrogen-bond acceptors (Lipinski definition) is 3. The molecule has 0 radical (unpaired) electrons. The Bertz CT molecular complexity index is 657. The number of ether oxygens (including phenoxy) is 1. The smallest absolute Gasteiger partial charge is 0.403 e. The Kier molecular flexibility index (Phi) is 4.08. The van der Waals surface area contributed by atoms with Crippen molar-refractivity contribution >= 4 is 0 Å². The van der Waals surface area contributed by atoms with E-state index in [4.69, 9.17) is 5.73 Å². The lowest BCUT2D eigenvalue weighted by Gasteiger charge is -2.11. The normalized spacial score (nSPS) is 11.5. The van der Waals surface area contributed by atoms with Crippen LogP contribution in [-0.2, 0) is 6.54 Å². The third-order valence-electron chi connectivity index (χ3n) is 2.60. The van der Waals surface area contributed by atoms with Crippen molar-refractivity contribution in [2.24, 2.45) is 5.73 Å². The zero-order chi connectivity index (χ0) is 15.6. The SMILES string of the molecule is NCc1ncc(-c2ccc(OC(F)(F)F)c(F)c2)cc1F. The maximum Gasteiger partial charge on any atom is 0.573 e. The topological polar surface area (TPSA) is 48.1 Å². The average molecular weight is 304 g/mol. The van der Waals surface area contributed by atoms with Crippen molar-refractivity contribution in [1.82, 2.24) is 4.98 Å². The minimum absolute atomic E-state index is 0.0382. The summed E-state index contributed by atoms with van der Waals surface area (Å²) < 4.78 is 66.6. The van der Waals surface area contributed by atoms with E-state index in [1.54, 1.807) is 0 Å². The fourth-order valence-corrected chi connectivity index (χ4v) is 1.66. The van der Waals surface area contributed by atoms with Gasteiger partial charge >= 0.3 is 6.36 Å². The van der Waals surface area contributed by atoms with Crippen LogP contribution in [0.4, 0.5) is 22.0 Å². The molecule has 112 valence electrons. The highest BCUT2D eigenvalue weighted by atomic mass is 19.4. The Morgan fingerprint density at radius 3 is 2.24 bits per heavy atom. The number of hydrogen-bond donors (Lipinski definition) is 1. The monoisotopic (exact) mass is 304 g/mol. The second kappa shape index (κ2) is 5.65. The number of rotatable bonds is 3. The van der Waals surface area contributed by atoms with Gasteiger partial charge in [-0.15, -0.1) is 13.2 Å². The number of nitrogens with two attached hydrogens (primary N) is 1. The quantitative estimate of drug-likeness (QED) is 0.884. The lowest BCUT2D eigenvalue weighted by molar-refractivity contribution is -0.275. The molecule has 0 fully saturated rings. The fourth-order valence-electron chi connectivity index (χ4n) is 1.66. The van der Waals surface area contributed by atoms with Crippen LogP contribution >= 0.6 is 0 Å². The summed E-state index contributed by atoms with van der Waals surface area (Å²) in [6.45, 7) is -0.0984. The number of alkyl halides is 3. The molecule has 1 heterocycles. The van der Waals surface area contributed by atoms with Crippen LogP contribution in [0.2, 0.25) is 0 Å². The molecular weight excluding hydrogens is 295 g/mol. The van der Waals surface area contributed by atoms with Crippen LogP contribution in [0.1, 0.15) is 5.69 Å². The minimum Gasteiger partial charge on any atom is -0.403 e. The van der Waals surface area contributed by atoms with Crippen LogP contribution in [0.3, 0.4) is 0 Å². The molecule has 8 heteroatoms. The van der Waals surface area contributed by atoms with Crippen molar-refractivity contribution in [1.29, 1.82) is 0 Å². The van der Waals surface area contributed by atoms with E-state index in [0.29, 0.717) is 0 Å². The highest BCUT2D eigenvalue weighted by molar-refractivity contribution is 5.63. The van der Waals surface area contributed by atoms with Gasteiger partial charge in [0.05, 0.1) is 5.69 Å². The second-order valence-corrected chi connectivity index (χ2v) is 4.05. The first-order chi connectivity index (χ1) is 9.80. The standard InChI is InChI=1S/C13H9F5N2O/c14-9-4-8(6-20-11(9)5-19)7-1-2-12(10(15)3-7)21-13(16,17)18/h1-4,6H,5,19H2. The summed E-state index contributed by atoms with van der Waals surface area (Å²) in [5, 5.41) is 0. The molecule has 0 aliphatic heterocycles. The molecule has 0 amide bonds. The van der Waals surface area contributed by atoms with E-state index in [2.05, 4.69) is 9.72 Å². The molecule has 0 aliphatic carbocycles. The minimum atomic E-state index is -4.99. The van der Waals surface area contributed by atoms with E-state index >= 15 is 0 Å². The summed E-state index contributed by atoms with van der Waals surface area (Å²) in [5.41, 5.74) is 5.67. The van der Waals surface area contributed by atoms with Gasteiger partial charge < -0.3 is 10.5 Å². The number of pyridine rings is 1. The maximum atomic E-state index is 13.6. The number of halogens is 5. The molecule has 21 heavy (non-hydrogen) atoms. The van der Waals surface area contributed by atoms with Gasteiger partial charge in [0.2, 0.25) is 0 Å². The van der Waals surface area contributed by atoms with Gasteiger partial charge in [0.15, 0.2) is 11.6 Å². The van der Waals surface area contributed by atoms with E-state index in [1.165, 1.54) is 12.3 Å². The first-order valence-corrected chi connectivity index (χ1v) is 5.70. The first kappa shape index (κ1) is 15.2. The molecule has 1 aromatic carbocycles. The highest BCUT2D eigenvalue weighted by Crippen LogP contribution is 2.29. The van der Waals surface area contributed by atoms with E-state index in [1.807, 2.05) is 0 Å². The summed E-state index contributed by atoms with van der Waals surface area (Å²) in [6, 6.07) is 3.86. The molecule has 2 rings (SSSR count). The molecule has 2 N–H and O–H groups in total. The molecule has 0 unspecified atom stereocenters. The maximum absolute atomic E-state index is 13.6. The van der Waals surface area contributed by atoms with Gasteiger partial charge in [-0.05, 0) is 23.8 Å². The predicted molar refractivity (Wildman–Crippen MR) is 64.2 cm³/mol. The zero-order valence-electron chi connectivity index (χ0n) is 10.4. The fraction of sp³-hybridized carbons (Fsp3) is 0.154. The van der Waals surface area contributed by atoms with Crippen molar-refractivity contribution in [3.8, 4) is 16.9 Å². The van der Waals surface area contributed by atoms with Crippen molar-refractivity contribution in [3.05, 3.63) is 47.8 Å². The third-order valence-corrected chi connectivity index (χ3v) is 2.60. The van der Waals surface area contributed by atoms with Gasteiger partial charge in [0, 0.05) is 18.3 Å². The Balaban J connectivity index is 2.34. The van der Waals surface area contributed by atoms with Gasteiger partial charge in [0.25, 0.3) is 0 Å².